The Kier molecular flexibility index (Phi) is 5.14. The van der Waals surface area contributed by atoms with Gasteiger partial charge >= 0.3 is 5.97 Å². The zero-order valence-electron chi connectivity index (χ0n) is 18.3. The van der Waals surface area contributed by atoms with Crippen LogP contribution in [0.5, 0.6) is 0 Å². The summed E-state index contributed by atoms with van der Waals surface area (Å²) in [5.41, 5.74) is 4.29. The van der Waals surface area contributed by atoms with E-state index in [0.717, 1.165) is 16.0 Å². The van der Waals surface area contributed by atoms with E-state index in [1.54, 1.807) is 23.2 Å². The molecule has 7 nitrogen and oxygen atoms in total. The van der Waals surface area contributed by atoms with Crippen LogP contribution < -0.4 is 5.56 Å². The molecule has 0 saturated heterocycles. The Hall–Kier alpha value is -4.04. The lowest BCUT2D eigenvalue weighted by Gasteiger charge is -2.09. The number of hydrogen-bond donors (Lipinski definition) is 0. The van der Waals surface area contributed by atoms with Crippen LogP contribution in [0.1, 0.15) is 21.5 Å². The summed E-state index contributed by atoms with van der Waals surface area (Å²) in [5.74, 6) is -0.570. The molecule has 0 fully saturated rings. The van der Waals surface area contributed by atoms with Crippen LogP contribution in [0.4, 0.5) is 0 Å². The van der Waals surface area contributed by atoms with Gasteiger partial charge in [0.1, 0.15) is 11.3 Å². The molecular weight excluding hydrogens is 436 g/mol. The SMILES string of the molecule is COC(=O)c1cn(-c2ncc(-c3ccc(C)cc3)s2)cc2c(=O)n(-c3ccccc3C)nc1-2. The zero-order valence-corrected chi connectivity index (χ0v) is 19.1. The number of pyridine rings is 1. The Balaban J connectivity index is 1.68. The summed E-state index contributed by atoms with van der Waals surface area (Å²) < 4.78 is 7.99. The van der Waals surface area contributed by atoms with Crippen molar-refractivity contribution < 1.29 is 9.53 Å². The Labute approximate surface area is 193 Å². The number of nitrogens with zero attached hydrogens (tertiary/aromatic N) is 4. The van der Waals surface area contributed by atoms with E-state index in [9.17, 15) is 9.59 Å². The number of thiazole rings is 1. The summed E-state index contributed by atoms with van der Waals surface area (Å²) in [6.45, 7) is 3.95. The summed E-state index contributed by atoms with van der Waals surface area (Å²) in [6.07, 6.45) is 5.07. The first-order valence-corrected chi connectivity index (χ1v) is 11.1. The Morgan fingerprint density at radius 3 is 2.52 bits per heavy atom. The van der Waals surface area contributed by atoms with Crippen molar-refractivity contribution in [2.75, 3.05) is 7.11 Å². The first kappa shape index (κ1) is 20.8. The lowest BCUT2D eigenvalue weighted by Crippen LogP contribution is -2.16. The van der Waals surface area contributed by atoms with Crippen LogP contribution in [-0.2, 0) is 4.74 Å². The quantitative estimate of drug-likeness (QED) is 0.368. The van der Waals surface area contributed by atoms with Crippen LogP contribution in [0.15, 0.2) is 71.9 Å². The Morgan fingerprint density at radius 2 is 1.79 bits per heavy atom. The summed E-state index contributed by atoms with van der Waals surface area (Å²) >= 11 is 1.46. The van der Waals surface area contributed by atoms with Crippen molar-refractivity contribution in [2.45, 2.75) is 13.8 Å². The van der Waals surface area contributed by atoms with Crippen molar-refractivity contribution in [3.63, 3.8) is 0 Å². The van der Waals surface area contributed by atoms with Crippen molar-refractivity contribution in [1.29, 1.82) is 0 Å². The highest BCUT2D eigenvalue weighted by molar-refractivity contribution is 7.17. The van der Waals surface area contributed by atoms with Crippen molar-refractivity contribution >= 4 is 17.3 Å². The van der Waals surface area contributed by atoms with Gasteiger partial charge in [0.15, 0.2) is 5.13 Å². The van der Waals surface area contributed by atoms with E-state index in [0.29, 0.717) is 22.1 Å². The van der Waals surface area contributed by atoms with Gasteiger partial charge < -0.3 is 4.74 Å². The molecule has 8 heteroatoms. The highest BCUT2D eigenvalue weighted by Gasteiger charge is 2.26. The third-order valence-electron chi connectivity index (χ3n) is 5.47. The maximum atomic E-state index is 13.3. The Morgan fingerprint density at radius 1 is 1.03 bits per heavy atom. The molecule has 0 bridgehead atoms. The molecule has 0 amide bonds. The predicted molar refractivity (Wildman–Crippen MR) is 128 cm³/mol. The lowest BCUT2D eigenvalue weighted by molar-refractivity contribution is 0.0600. The third kappa shape index (κ3) is 3.64. The van der Waals surface area contributed by atoms with Gasteiger partial charge in [0.25, 0.3) is 5.56 Å². The second kappa shape index (κ2) is 8.14. The molecular formula is C25H20N4O3S. The van der Waals surface area contributed by atoms with Gasteiger partial charge in [-0.05, 0) is 31.0 Å². The van der Waals surface area contributed by atoms with E-state index in [2.05, 4.69) is 10.1 Å². The number of hydrogen-bond acceptors (Lipinski definition) is 6. The Bertz CT molecular complexity index is 1510. The minimum atomic E-state index is -0.570. The molecule has 0 atom stereocenters. The monoisotopic (exact) mass is 456 g/mol. The van der Waals surface area contributed by atoms with Gasteiger partial charge in [-0.25, -0.2) is 9.78 Å². The summed E-state index contributed by atoms with van der Waals surface area (Å²) in [4.78, 5) is 31.4. The average molecular weight is 457 g/mol. The van der Waals surface area contributed by atoms with Crippen LogP contribution in [0.2, 0.25) is 0 Å². The molecule has 33 heavy (non-hydrogen) atoms. The van der Waals surface area contributed by atoms with Crippen LogP contribution in [-0.4, -0.2) is 32.4 Å². The standard InChI is InChI=1S/C25H20N4O3S/c1-15-8-10-17(11-9-15)21-12-26-25(33-21)28-13-18-22(19(14-28)24(31)32-3)27-29(23(18)30)20-7-5-4-6-16(20)2/h4-14H,1-3H3. The largest absolute Gasteiger partial charge is 0.465 e. The molecule has 2 aromatic carbocycles. The minimum Gasteiger partial charge on any atom is -0.465 e. The fraction of sp³-hybridized carbons (Fsp3) is 0.120. The maximum Gasteiger partial charge on any atom is 0.341 e. The number of benzene rings is 2. The van der Waals surface area contributed by atoms with E-state index in [4.69, 9.17) is 4.74 Å². The van der Waals surface area contributed by atoms with E-state index in [1.165, 1.54) is 28.7 Å². The number of para-hydroxylation sites is 1. The molecule has 0 saturated carbocycles. The number of esters is 1. The van der Waals surface area contributed by atoms with Gasteiger partial charge in [0.2, 0.25) is 0 Å². The topological polar surface area (TPSA) is 79.0 Å². The molecule has 0 N–H and O–H groups in total. The second-order valence-corrected chi connectivity index (χ2v) is 8.72. The number of aryl methyl sites for hydroxylation is 2. The van der Waals surface area contributed by atoms with Crippen LogP contribution in [0.25, 0.3) is 32.5 Å². The van der Waals surface area contributed by atoms with Crippen LogP contribution >= 0.6 is 11.3 Å². The van der Waals surface area contributed by atoms with Crippen molar-refractivity contribution in [1.82, 2.24) is 19.3 Å². The molecule has 3 heterocycles. The van der Waals surface area contributed by atoms with Crippen LogP contribution in [0, 0.1) is 13.8 Å². The third-order valence-corrected chi connectivity index (χ3v) is 6.53. The van der Waals surface area contributed by atoms with Crippen molar-refractivity contribution in [3.8, 4) is 32.5 Å². The van der Waals surface area contributed by atoms with Crippen molar-refractivity contribution in [2.24, 2.45) is 0 Å². The van der Waals surface area contributed by atoms with E-state index in [-0.39, 0.29) is 11.1 Å². The second-order valence-electron chi connectivity index (χ2n) is 7.71. The molecule has 3 aromatic rings. The molecule has 0 spiro atoms. The summed E-state index contributed by atoms with van der Waals surface area (Å²) in [6, 6.07) is 15.7. The highest BCUT2D eigenvalue weighted by Crippen LogP contribution is 2.31. The number of fused-ring (bicyclic) bond motifs is 1. The van der Waals surface area contributed by atoms with E-state index >= 15 is 0 Å². The number of methoxy groups -OCH3 is 1. The first-order chi connectivity index (χ1) is 16.0. The van der Waals surface area contributed by atoms with Gasteiger partial charge in [0, 0.05) is 18.6 Å². The van der Waals surface area contributed by atoms with Gasteiger partial charge in [-0.15, -0.1) is 0 Å². The molecule has 2 aliphatic heterocycles. The number of carbonyl (C=O) groups is 1. The lowest BCUT2D eigenvalue weighted by atomic mass is 10.1. The van der Waals surface area contributed by atoms with Gasteiger partial charge in [-0.3, -0.25) is 9.36 Å². The molecule has 164 valence electrons. The van der Waals surface area contributed by atoms with Gasteiger partial charge in [0.05, 0.1) is 23.2 Å². The first-order valence-electron chi connectivity index (χ1n) is 10.3. The minimum absolute atomic E-state index is 0.200. The van der Waals surface area contributed by atoms with E-state index < -0.39 is 5.97 Å². The molecule has 5 rings (SSSR count). The number of aromatic nitrogens is 4. The zero-order chi connectivity index (χ0) is 23.1. The smallest absolute Gasteiger partial charge is 0.341 e. The number of carbonyl (C=O) groups excluding carboxylic acids is 1. The van der Waals surface area contributed by atoms with Crippen LogP contribution in [0.3, 0.4) is 0 Å². The summed E-state index contributed by atoms with van der Waals surface area (Å²) in [7, 11) is 1.31. The molecule has 2 aliphatic rings. The number of ether oxygens (including phenoxy) is 1. The predicted octanol–water partition coefficient (Wildman–Crippen LogP) is 4.65. The normalized spacial score (nSPS) is 11.1. The molecule has 0 unspecified atom stereocenters. The highest BCUT2D eigenvalue weighted by atomic mass is 32.1. The van der Waals surface area contributed by atoms with E-state index in [1.807, 2.05) is 62.4 Å². The molecule has 0 radical (unpaired) electrons. The van der Waals surface area contributed by atoms with Gasteiger partial charge in [-0.1, -0.05) is 59.4 Å². The molecule has 0 aliphatic carbocycles. The van der Waals surface area contributed by atoms with Gasteiger partial charge in [-0.2, -0.15) is 9.78 Å². The summed E-state index contributed by atoms with van der Waals surface area (Å²) in [5, 5.41) is 5.11. The maximum absolute atomic E-state index is 13.3. The van der Waals surface area contributed by atoms with Crippen molar-refractivity contribution in [3.05, 3.63) is 94.2 Å². The fourth-order valence-corrected chi connectivity index (χ4v) is 4.55. The fourth-order valence-electron chi connectivity index (χ4n) is 3.68. The average Bonchev–Trinajstić information content (AvgIpc) is 3.44. The number of rotatable bonds is 4. The molecule has 1 aromatic heterocycles.